The second-order valence-electron chi connectivity index (χ2n) is 5.66. The third-order valence-corrected chi connectivity index (χ3v) is 4.36. The zero-order valence-electron chi connectivity index (χ0n) is 10.4. The van der Waals surface area contributed by atoms with Crippen molar-refractivity contribution in [2.24, 2.45) is 5.73 Å². The van der Waals surface area contributed by atoms with E-state index >= 15 is 0 Å². The van der Waals surface area contributed by atoms with E-state index in [0.29, 0.717) is 0 Å². The van der Waals surface area contributed by atoms with E-state index in [1.54, 1.807) is 0 Å². The molecule has 0 unspecified atom stereocenters. The lowest BCUT2D eigenvalue weighted by Gasteiger charge is -2.33. The second-order valence-corrected chi connectivity index (χ2v) is 5.66. The van der Waals surface area contributed by atoms with Crippen molar-refractivity contribution in [1.29, 1.82) is 0 Å². The van der Waals surface area contributed by atoms with E-state index in [2.05, 4.69) is 43.1 Å². The summed E-state index contributed by atoms with van der Waals surface area (Å²) in [5, 5.41) is 1.23. The average Bonchev–Trinajstić information content (AvgIpc) is 3.08. The summed E-state index contributed by atoms with van der Waals surface area (Å²) in [4.78, 5) is 4.42. The van der Waals surface area contributed by atoms with Crippen LogP contribution in [0.3, 0.4) is 0 Å². The van der Waals surface area contributed by atoms with E-state index in [1.165, 1.54) is 10.9 Å². The SMILES string of the molecule is CC(C)(c1ccnc2ccccc12)C1(N)CC1. The van der Waals surface area contributed by atoms with Crippen molar-refractivity contribution in [3.8, 4) is 0 Å². The molecule has 0 spiro atoms. The summed E-state index contributed by atoms with van der Waals surface area (Å²) in [5.74, 6) is 0. The van der Waals surface area contributed by atoms with Crippen LogP contribution in [0.15, 0.2) is 36.5 Å². The van der Waals surface area contributed by atoms with E-state index in [9.17, 15) is 0 Å². The molecule has 1 aromatic carbocycles. The number of pyridine rings is 1. The number of rotatable bonds is 2. The standard InChI is InChI=1S/C15H18N2/c1-14(2,15(16)8-9-15)12-7-10-17-13-6-4-3-5-11(12)13/h3-7,10H,8-9,16H2,1-2H3. The largest absolute Gasteiger partial charge is 0.324 e. The van der Waals surface area contributed by atoms with Gasteiger partial charge >= 0.3 is 0 Å². The minimum Gasteiger partial charge on any atom is -0.324 e. The van der Waals surface area contributed by atoms with Gasteiger partial charge in [0.05, 0.1) is 5.52 Å². The van der Waals surface area contributed by atoms with Gasteiger partial charge in [-0.2, -0.15) is 0 Å². The molecular formula is C15H18N2. The van der Waals surface area contributed by atoms with E-state index in [0.717, 1.165) is 18.4 Å². The molecule has 3 rings (SSSR count). The van der Waals surface area contributed by atoms with Crippen LogP contribution in [0.1, 0.15) is 32.3 Å². The molecule has 0 saturated heterocycles. The maximum absolute atomic E-state index is 6.43. The number of nitrogens with zero attached hydrogens (tertiary/aromatic N) is 1. The summed E-state index contributed by atoms with van der Waals surface area (Å²) in [6.45, 7) is 4.50. The molecule has 0 bridgehead atoms. The lowest BCUT2D eigenvalue weighted by molar-refractivity contribution is 0.394. The van der Waals surface area contributed by atoms with Crippen molar-refractivity contribution >= 4 is 10.9 Å². The van der Waals surface area contributed by atoms with Crippen molar-refractivity contribution in [2.75, 3.05) is 0 Å². The summed E-state index contributed by atoms with van der Waals surface area (Å²) < 4.78 is 0. The van der Waals surface area contributed by atoms with Crippen molar-refractivity contribution in [3.63, 3.8) is 0 Å². The number of nitrogens with two attached hydrogens (primary N) is 1. The molecule has 1 fully saturated rings. The third-order valence-electron chi connectivity index (χ3n) is 4.36. The minimum absolute atomic E-state index is 0.00947. The summed E-state index contributed by atoms with van der Waals surface area (Å²) in [5.41, 5.74) is 8.79. The topological polar surface area (TPSA) is 38.9 Å². The van der Waals surface area contributed by atoms with Gasteiger partial charge < -0.3 is 5.73 Å². The molecule has 17 heavy (non-hydrogen) atoms. The van der Waals surface area contributed by atoms with Crippen LogP contribution in [0.4, 0.5) is 0 Å². The quantitative estimate of drug-likeness (QED) is 0.855. The molecule has 2 nitrogen and oxygen atoms in total. The van der Waals surface area contributed by atoms with E-state index in [1.807, 2.05) is 12.3 Å². The Morgan fingerprint density at radius 2 is 1.88 bits per heavy atom. The molecule has 2 heteroatoms. The maximum atomic E-state index is 6.43. The van der Waals surface area contributed by atoms with Gasteiger partial charge in [-0.1, -0.05) is 32.0 Å². The van der Waals surface area contributed by atoms with Crippen LogP contribution >= 0.6 is 0 Å². The molecule has 0 atom stereocenters. The molecule has 1 aliphatic carbocycles. The van der Waals surface area contributed by atoms with Crippen molar-refractivity contribution < 1.29 is 0 Å². The number of para-hydroxylation sites is 1. The fraction of sp³-hybridized carbons (Fsp3) is 0.400. The minimum atomic E-state index is -0.0306. The van der Waals surface area contributed by atoms with Crippen LogP contribution in [0, 0.1) is 0 Å². The van der Waals surface area contributed by atoms with Crippen LogP contribution in [0.5, 0.6) is 0 Å². The van der Waals surface area contributed by atoms with Gasteiger partial charge in [0, 0.05) is 22.5 Å². The van der Waals surface area contributed by atoms with Crippen LogP contribution in [0.2, 0.25) is 0 Å². The lowest BCUT2D eigenvalue weighted by atomic mass is 9.75. The number of hydrogen-bond donors (Lipinski definition) is 1. The Kier molecular flexibility index (Phi) is 2.08. The van der Waals surface area contributed by atoms with Crippen LogP contribution in [-0.2, 0) is 5.41 Å². The molecule has 2 aromatic rings. The first-order valence-corrected chi connectivity index (χ1v) is 6.18. The second kappa shape index (κ2) is 3.30. The van der Waals surface area contributed by atoms with Gasteiger partial charge in [0.25, 0.3) is 0 Å². The Balaban J connectivity index is 2.24. The van der Waals surface area contributed by atoms with Crippen LogP contribution in [-0.4, -0.2) is 10.5 Å². The first-order valence-electron chi connectivity index (χ1n) is 6.18. The highest BCUT2D eigenvalue weighted by atomic mass is 14.9. The van der Waals surface area contributed by atoms with Gasteiger partial charge in [-0.15, -0.1) is 0 Å². The Bertz CT molecular complexity index is 563. The summed E-state index contributed by atoms with van der Waals surface area (Å²) in [6.07, 6.45) is 4.14. The molecule has 2 N–H and O–H groups in total. The monoisotopic (exact) mass is 226 g/mol. The molecule has 1 aliphatic rings. The molecule has 88 valence electrons. The third kappa shape index (κ3) is 1.48. The number of benzene rings is 1. The van der Waals surface area contributed by atoms with E-state index < -0.39 is 0 Å². The van der Waals surface area contributed by atoms with Gasteiger partial charge in [0.15, 0.2) is 0 Å². The average molecular weight is 226 g/mol. The molecular weight excluding hydrogens is 208 g/mol. The van der Waals surface area contributed by atoms with Crippen molar-refractivity contribution in [3.05, 3.63) is 42.1 Å². The molecule has 1 saturated carbocycles. The normalized spacial score (nSPS) is 18.3. The summed E-state index contributed by atoms with van der Waals surface area (Å²) >= 11 is 0. The van der Waals surface area contributed by atoms with Crippen molar-refractivity contribution in [2.45, 2.75) is 37.6 Å². The highest BCUT2D eigenvalue weighted by Crippen LogP contribution is 2.50. The highest BCUT2D eigenvalue weighted by molar-refractivity contribution is 5.83. The van der Waals surface area contributed by atoms with Gasteiger partial charge in [-0.25, -0.2) is 0 Å². The molecule has 0 amide bonds. The highest BCUT2D eigenvalue weighted by Gasteiger charge is 2.52. The van der Waals surface area contributed by atoms with Crippen molar-refractivity contribution in [1.82, 2.24) is 4.98 Å². The first kappa shape index (κ1) is 10.7. The summed E-state index contributed by atoms with van der Waals surface area (Å²) in [6, 6.07) is 10.4. The fourth-order valence-corrected chi connectivity index (χ4v) is 2.67. The Hall–Kier alpha value is -1.41. The first-order chi connectivity index (χ1) is 8.05. The maximum Gasteiger partial charge on any atom is 0.0704 e. The predicted octanol–water partition coefficient (Wildman–Crippen LogP) is 3.00. The molecule has 0 aliphatic heterocycles. The van der Waals surface area contributed by atoms with Gasteiger partial charge in [0.2, 0.25) is 0 Å². The number of fused-ring (bicyclic) bond motifs is 1. The Labute approximate surface area is 102 Å². The van der Waals surface area contributed by atoms with Crippen LogP contribution < -0.4 is 5.73 Å². The van der Waals surface area contributed by atoms with E-state index in [4.69, 9.17) is 5.73 Å². The zero-order chi connectivity index (χ0) is 12.1. The Morgan fingerprint density at radius 1 is 1.18 bits per heavy atom. The Morgan fingerprint density at radius 3 is 2.59 bits per heavy atom. The molecule has 1 aromatic heterocycles. The number of aromatic nitrogens is 1. The fourth-order valence-electron chi connectivity index (χ4n) is 2.67. The van der Waals surface area contributed by atoms with Crippen LogP contribution in [0.25, 0.3) is 10.9 Å². The summed E-state index contributed by atoms with van der Waals surface area (Å²) in [7, 11) is 0. The van der Waals surface area contributed by atoms with Gasteiger partial charge in [-0.05, 0) is 30.5 Å². The zero-order valence-corrected chi connectivity index (χ0v) is 10.4. The smallest absolute Gasteiger partial charge is 0.0704 e. The van der Waals surface area contributed by atoms with E-state index in [-0.39, 0.29) is 11.0 Å². The molecule has 1 heterocycles. The lowest BCUT2D eigenvalue weighted by Crippen LogP contribution is -2.43. The van der Waals surface area contributed by atoms with Gasteiger partial charge in [-0.3, -0.25) is 4.98 Å². The molecule has 0 radical (unpaired) electrons. The predicted molar refractivity (Wildman–Crippen MR) is 70.9 cm³/mol. The van der Waals surface area contributed by atoms with Gasteiger partial charge in [0.1, 0.15) is 0 Å². The number of hydrogen-bond acceptors (Lipinski definition) is 2.